The molecule has 1 heterocycles. The van der Waals surface area contributed by atoms with E-state index in [0.717, 1.165) is 17.7 Å². The number of rotatable bonds is 6. The van der Waals surface area contributed by atoms with Crippen molar-refractivity contribution in [3.63, 3.8) is 0 Å². The Hall–Kier alpha value is -2.21. The Morgan fingerprint density at radius 1 is 1.18 bits per heavy atom. The number of hydrogen-bond acceptors (Lipinski definition) is 4. The molecule has 0 radical (unpaired) electrons. The Bertz CT molecular complexity index is 602. The van der Waals surface area contributed by atoms with Crippen molar-refractivity contribution in [1.29, 1.82) is 0 Å². The first kappa shape index (κ1) is 14.7. The van der Waals surface area contributed by atoms with Crippen LogP contribution in [0.5, 0.6) is 0 Å². The van der Waals surface area contributed by atoms with Gasteiger partial charge >= 0.3 is 0 Å². The second-order valence-electron chi connectivity index (χ2n) is 5.99. The normalized spacial score (nSPS) is 18.3. The van der Waals surface area contributed by atoms with Gasteiger partial charge in [0.25, 0.3) is 11.8 Å². The van der Waals surface area contributed by atoms with Crippen LogP contribution in [0.25, 0.3) is 0 Å². The van der Waals surface area contributed by atoms with E-state index in [2.05, 4.69) is 5.32 Å². The molecule has 6 nitrogen and oxygen atoms in total. The lowest BCUT2D eigenvalue weighted by Gasteiger charge is -2.15. The lowest BCUT2D eigenvalue weighted by molar-refractivity contribution is -0.121. The average molecular weight is 302 g/mol. The SMILES string of the molecule is O=C(CCN1C(=O)c2ccccc2C1=O)NCC1(CO)CC1. The maximum atomic E-state index is 12.1. The second kappa shape index (κ2) is 5.53. The number of nitrogens with zero attached hydrogens (tertiary/aromatic N) is 1. The topological polar surface area (TPSA) is 86.7 Å². The summed E-state index contributed by atoms with van der Waals surface area (Å²) in [6.07, 6.45) is 1.91. The van der Waals surface area contributed by atoms with Gasteiger partial charge in [-0.05, 0) is 25.0 Å². The molecule has 3 rings (SSSR count). The standard InChI is InChI=1S/C16H18N2O4/c19-10-16(6-7-16)9-17-13(20)5-8-18-14(21)11-3-1-2-4-12(11)15(18)22/h1-4,19H,5-10H2,(H,17,20). The van der Waals surface area contributed by atoms with Gasteiger partial charge in [-0.2, -0.15) is 0 Å². The van der Waals surface area contributed by atoms with Gasteiger partial charge in [0.1, 0.15) is 0 Å². The average Bonchev–Trinajstić information content (AvgIpc) is 3.28. The number of aliphatic hydroxyl groups is 1. The van der Waals surface area contributed by atoms with Crippen molar-refractivity contribution in [3.05, 3.63) is 35.4 Å². The predicted molar refractivity (Wildman–Crippen MR) is 78.2 cm³/mol. The first-order valence-corrected chi connectivity index (χ1v) is 7.39. The molecule has 1 aliphatic carbocycles. The Balaban J connectivity index is 1.53. The lowest BCUT2D eigenvalue weighted by Crippen LogP contribution is -2.36. The van der Waals surface area contributed by atoms with E-state index in [4.69, 9.17) is 0 Å². The van der Waals surface area contributed by atoms with Crippen LogP contribution in [0.4, 0.5) is 0 Å². The minimum Gasteiger partial charge on any atom is -0.396 e. The van der Waals surface area contributed by atoms with Crippen LogP contribution in [0.3, 0.4) is 0 Å². The molecular weight excluding hydrogens is 284 g/mol. The Morgan fingerprint density at radius 3 is 2.27 bits per heavy atom. The number of amides is 3. The van der Waals surface area contributed by atoms with Crippen molar-refractivity contribution in [2.24, 2.45) is 5.41 Å². The molecule has 3 amide bonds. The fourth-order valence-electron chi connectivity index (χ4n) is 2.60. The first-order chi connectivity index (χ1) is 10.6. The van der Waals surface area contributed by atoms with E-state index in [0.29, 0.717) is 17.7 Å². The number of fused-ring (bicyclic) bond motifs is 1. The first-order valence-electron chi connectivity index (χ1n) is 7.39. The zero-order valence-electron chi connectivity index (χ0n) is 12.2. The summed E-state index contributed by atoms with van der Waals surface area (Å²) in [5.74, 6) is -0.902. The van der Waals surface area contributed by atoms with Gasteiger partial charge in [-0.1, -0.05) is 12.1 Å². The molecule has 2 N–H and O–H groups in total. The summed E-state index contributed by atoms with van der Waals surface area (Å²) in [6, 6.07) is 6.66. The van der Waals surface area contributed by atoms with Crippen LogP contribution in [0.1, 0.15) is 40.0 Å². The maximum Gasteiger partial charge on any atom is 0.261 e. The van der Waals surface area contributed by atoms with Crippen molar-refractivity contribution >= 4 is 17.7 Å². The number of benzene rings is 1. The molecule has 0 aromatic heterocycles. The van der Waals surface area contributed by atoms with E-state index >= 15 is 0 Å². The molecule has 116 valence electrons. The molecule has 1 saturated carbocycles. The quantitative estimate of drug-likeness (QED) is 0.752. The fraction of sp³-hybridized carbons (Fsp3) is 0.438. The number of carbonyl (C=O) groups is 3. The van der Waals surface area contributed by atoms with Crippen molar-refractivity contribution in [3.8, 4) is 0 Å². The number of imide groups is 1. The highest BCUT2D eigenvalue weighted by Crippen LogP contribution is 2.44. The van der Waals surface area contributed by atoms with Gasteiger partial charge in [0.2, 0.25) is 5.91 Å². The van der Waals surface area contributed by atoms with Crippen molar-refractivity contribution in [1.82, 2.24) is 10.2 Å². The van der Waals surface area contributed by atoms with Crippen LogP contribution in [0.2, 0.25) is 0 Å². The molecule has 0 atom stereocenters. The zero-order chi connectivity index (χ0) is 15.7. The van der Waals surface area contributed by atoms with E-state index in [9.17, 15) is 19.5 Å². The van der Waals surface area contributed by atoms with Crippen molar-refractivity contribution in [2.45, 2.75) is 19.3 Å². The maximum absolute atomic E-state index is 12.1. The molecule has 0 spiro atoms. The zero-order valence-corrected chi connectivity index (χ0v) is 12.2. The van der Waals surface area contributed by atoms with Gasteiger partial charge in [-0.25, -0.2) is 0 Å². The number of hydrogen-bond donors (Lipinski definition) is 2. The number of nitrogens with one attached hydrogen (secondary N) is 1. The van der Waals surface area contributed by atoms with E-state index in [1.54, 1.807) is 24.3 Å². The number of carbonyl (C=O) groups excluding carboxylic acids is 3. The summed E-state index contributed by atoms with van der Waals surface area (Å²) in [5.41, 5.74) is 0.640. The molecular formula is C16H18N2O4. The Morgan fingerprint density at radius 2 is 1.77 bits per heavy atom. The minimum absolute atomic E-state index is 0.0737. The molecule has 1 aromatic carbocycles. The fourth-order valence-corrected chi connectivity index (χ4v) is 2.60. The van der Waals surface area contributed by atoms with Crippen molar-refractivity contribution < 1.29 is 19.5 Å². The molecule has 6 heteroatoms. The monoisotopic (exact) mass is 302 g/mol. The van der Waals surface area contributed by atoms with Gasteiger partial charge in [0.05, 0.1) is 17.7 Å². The van der Waals surface area contributed by atoms with Crippen LogP contribution < -0.4 is 5.32 Å². The summed E-state index contributed by atoms with van der Waals surface area (Å²) in [7, 11) is 0. The highest BCUT2D eigenvalue weighted by atomic mass is 16.3. The van der Waals surface area contributed by atoms with Gasteiger partial charge in [0, 0.05) is 24.9 Å². The molecule has 1 aliphatic heterocycles. The highest BCUT2D eigenvalue weighted by molar-refractivity contribution is 6.21. The lowest BCUT2D eigenvalue weighted by atomic mass is 10.1. The smallest absolute Gasteiger partial charge is 0.261 e. The van der Waals surface area contributed by atoms with Crippen LogP contribution in [-0.2, 0) is 4.79 Å². The molecule has 2 aliphatic rings. The predicted octanol–water partition coefficient (Wildman–Crippen LogP) is 0.561. The van der Waals surface area contributed by atoms with Gasteiger partial charge in [-0.3, -0.25) is 19.3 Å². The summed E-state index contributed by atoms with van der Waals surface area (Å²) in [4.78, 5) is 37.2. The van der Waals surface area contributed by atoms with Gasteiger partial charge in [0.15, 0.2) is 0 Å². The third kappa shape index (κ3) is 2.62. The van der Waals surface area contributed by atoms with E-state index < -0.39 is 0 Å². The summed E-state index contributed by atoms with van der Waals surface area (Å²) in [5, 5.41) is 12.0. The molecule has 0 unspecified atom stereocenters. The number of aliphatic hydroxyl groups excluding tert-OH is 1. The van der Waals surface area contributed by atoms with Crippen LogP contribution >= 0.6 is 0 Å². The summed E-state index contributed by atoms with van der Waals surface area (Å²) >= 11 is 0. The Kier molecular flexibility index (Phi) is 3.70. The molecule has 0 bridgehead atoms. The minimum atomic E-state index is -0.345. The Labute approximate surface area is 128 Å². The molecule has 0 saturated heterocycles. The summed E-state index contributed by atoms with van der Waals surface area (Å²) in [6.45, 7) is 0.598. The third-order valence-electron chi connectivity index (χ3n) is 4.39. The molecule has 1 fully saturated rings. The largest absolute Gasteiger partial charge is 0.396 e. The van der Waals surface area contributed by atoms with Gasteiger partial charge < -0.3 is 10.4 Å². The van der Waals surface area contributed by atoms with Crippen LogP contribution in [0, 0.1) is 5.41 Å². The van der Waals surface area contributed by atoms with Crippen molar-refractivity contribution in [2.75, 3.05) is 19.7 Å². The van der Waals surface area contributed by atoms with E-state index in [1.807, 2.05) is 0 Å². The van der Waals surface area contributed by atoms with E-state index in [1.165, 1.54) is 0 Å². The summed E-state index contributed by atoms with van der Waals surface area (Å²) < 4.78 is 0. The van der Waals surface area contributed by atoms with Crippen LogP contribution in [0.15, 0.2) is 24.3 Å². The highest BCUT2D eigenvalue weighted by Gasteiger charge is 2.42. The third-order valence-corrected chi connectivity index (χ3v) is 4.39. The molecule has 22 heavy (non-hydrogen) atoms. The molecule has 1 aromatic rings. The van der Waals surface area contributed by atoms with Crippen LogP contribution in [-0.4, -0.2) is 47.4 Å². The second-order valence-corrected chi connectivity index (χ2v) is 5.99. The van der Waals surface area contributed by atoms with Gasteiger partial charge in [-0.15, -0.1) is 0 Å². The van der Waals surface area contributed by atoms with E-state index in [-0.39, 0.29) is 42.7 Å².